The van der Waals surface area contributed by atoms with Crippen LogP contribution in [0.2, 0.25) is 0 Å². The number of aryl methyl sites for hydroxylation is 1. The van der Waals surface area contributed by atoms with Crippen LogP contribution in [-0.2, 0) is 0 Å². The Hall–Kier alpha value is -1.81. The van der Waals surface area contributed by atoms with E-state index in [4.69, 9.17) is 0 Å². The molecule has 0 saturated heterocycles. The first-order valence-electron chi connectivity index (χ1n) is 6.72. The molecule has 0 bridgehead atoms. The zero-order valence-corrected chi connectivity index (χ0v) is 11.7. The summed E-state index contributed by atoms with van der Waals surface area (Å²) in [6.45, 7) is 4.81. The lowest BCUT2D eigenvalue weighted by Crippen LogP contribution is -2.24. The highest BCUT2D eigenvalue weighted by Gasteiger charge is 2.16. The molecule has 1 N–H and O–H groups in total. The zero-order chi connectivity index (χ0) is 14.5. The van der Waals surface area contributed by atoms with Gasteiger partial charge in [0.2, 0.25) is 0 Å². The van der Waals surface area contributed by atoms with Crippen molar-refractivity contribution in [2.45, 2.75) is 26.3 Å². The summed E-state index contributed by atoms with van der Waals surface area (Å²) in [6, 6.07) is 7.61. The van der Waals surface area contributed by atoms with Crippen LogP contribution in [0.4, 0.5) is 8.78 Å². The lowest BCUT2D eigenvalue weighted by atomic mass is 10.0. The van der Waals surface area contributed by atoms with E-state index >= 15 is 0 Å². The van der Waals surface area contributed by atoms with Crippen molar-refractivity contribution < 1.29 is 8.78 Å². The van der Waals surface area contributed by atoms with Crippen LogP contribution in [0.1, 0.15) is 36.2 Å². The second-order valence-electron chi connectivity index (χ2n) is 4.82. The number of benzene rings is 1. The second kappa shape index (κ2) is 6.57. The van der Waals surface area contributed by atoms with E-state index in [0.29, 0.717) is 5.56 Å². The normalized spacial score (nSPS) is 12.4. The Morgan fingerprint density at radius 3 is 2.60 bits per heavy atom. The van der Waals surface area contributed by atoms with Crippen LogP contribution < -0.4 is 5.32 Å². The summed E-state index contributed by atoms with van der Waals surface area (Å²) in [6.07, 6.45) is 2.68. The number of nitrogens with zero attached hydrogens (tertiary/aromatic N) is 1. The Bertz CT molecular complexity index is 584. The standard InChI is InChI=1S/C16H18F2N2/c1-3-7-20-16(15-9-11(2)6-8-19-15)12-4-5-13(17)14(18)10-12/h4-6,8-10,16,20H,3,7H2,1-2H3. The van der Waals surface area contributed by atoms with Gasteiger partial charge < -0.3 is 5.32 Å². The van der Waals surface area contributed by atoms with Crippen LogP contribution in [0.25, 0.3) is 0 Å². The smallest absolute Gasteiger partial charge is 0.159 e. The maximum absolute atomic E-state index is 13.4. The highest BCUT2D eigenvalue weighted by molar-refractivity contribution is 5.30. The largest absolute Gasteiger partial charge is 0.305 e. The van der Waals surface area contributed by atoms with Gasteiger partial charge in [-0.25, -0.2) is 8.78 Å². The molecule has 0 aliphatic carbocycles. The first kappa shape index (κ1) is 14.6. The van der Waals surface area contributed by atoms with Crippen molar-refractivity contribution in [1.29, 1.82) is 0 Å². The number of pyridine rings is 1. The Balaban J connectivity index is 2.38. The molecular formula is C16H18F2N2. The van der Waals surface area contributed by atoms with Gasteiger partial charge in [0.05, 0.1) is 11.7 Å². The van der Waals surface area contributed by atoms with E-state index in [0.717, 1.165) is 30.3 Å². The zero-order valence-electron chi connectivity index (χ0n) is 11.7. The topological polar surface area (TPSA) is 24.9 Å². The summed E-state index contributed by atoms with van der Waals surface area (Å²) in [4.78, 5) is 4.34. The van der Waals surface area contributed by atoms with Crippen molar-refractivity contribution in [2.24, 2.45) is 0 Å². The summed E-state index contributed by atoms with van der Waals surface area (Å²) in [5, 5.41) is 3.32. The molecule has 0 spiro atoms. The molecule has 1 heterocycles. The number of aromatic nitrogens is 1. The van der Waals surface area contributed by atoms with Crippen LogP contribution in [0.5, 0.6) is 0 Å². The third kappa shape index (κ3) is 3.39. The van der Waals surface area contributed by atoms with Crippen LogP contribution >= 0.6 is 0 Å². The van der Waals surface area contributed by atoms with Crippen LogP contribution in [0, 0.1) is 18.6 Å². The highest BCUT2D eigenvalue weighted by atomic mass is 19.2. The van der Waals surface area contributed by atoms with E-state index in [1.807, 2.05) is 19.1 Å². The Labute approximate surface area is 117 Å². The van der Waals surface area contributed by atoms with Gasteiger partial charge in [-0.1, -0.05) is 13.0 Å². The third-order valence-electron chi connectivity index (χ3n) is 3.11. The minimum atomic E-state index is -0.835. The van der Waals surface area contributed by atoms with E-state index in [-0.39, 0.29) is 6.04 Å². The molecule has 1 atom stereocenters. The van der Waals surface area contributed by atoms with Crippen molar-refractivity contribution in [3.05, 3.63) is 65.0 Å². The van der Waals surface area contributed by atoms with Gasteiger partial charge in [-0.15, -0.1) is 0 Å². The lowest BCUT2D eigenvalue weighted by Gasteiger charge is -2.19. The van der Waals surface area contributed by atoms with Crippen molar-refractivity contribution in [3.8, 4) is 0 Å². The van der Waals surface area contributed by atoms with Crippen LogP contribution in [0.15, 0.2) is 36.5 Å². The van der Waals surface area contributed by atoms with Gasteiger partial charge in [-0.05, 0) is 55.3 Å². The van der Waals surface area contributed by atoms with Gasteiger partial charge in [-0.3, -0.25) is 4.98 Å². The summed E-state index contributed by atoms with van der Waals surface area (Å²) in [7, 11) is 0. The SMILES string of the molecule is CCCNC(c1ccc(F)c(F)c1)c1cc(C)ccn1. The van der Waals surface area contributed by atoms with E-state index in [1.54, 1.807) is 12.3 Å². The molecule has 1 unspecified atom stereocenters. The third-order valence-corrected chi connectivity index (χ3v) is 3.11. The molecule has 1 aromatic heterocycles. The molecule has 0 radical (unpaired) electrons. The van der Waals surface area contributed by atoms with E-state index in [9.17, 15) is 8.78 Å². The summed E-state index contributed by atoms with van der Waals surface area (Å²) in [5.41, 5.74) is 2.57. The molecule has 0 amide bonds. The number of hydrogen-bond acceptors (Lipinski definition) is 2. The van der Waals surface area contributed by atoms with E-state index in [1.165, 1.54) is 6.07 Å². The molecule has 1 aromatic carbocycles. The van der Waals surface area contributed by atoms with E-state index in [2.05, 4.69) is 17.2 Å². The number of halogens is 2. The maximum atomic E-state index is 13.4. The molecule has 2 rings (SSSR count). The molecule has 0 aliphatic rings. The van der Waals surface area contributed by atoms with Crippen molar-refractivity contribution in [1.82, 2.24) is 10.3 Å². The first-order valence-corrected chi connectivity index (χ1v) is 6.72. The summed E-state index contributed by atoms with van der Waals surface area (Å²) < 4.78 is 26.5. The highest BCUT2D eigenvalue weighted by Crippen LogP contribution is 2.22. The molecule has 0 aliphatic heterocycles. The lowest BCUT2D eigenvalue weighted by molar-refractivity contribution is 0.502. The fourth-order valence-corrected chi connectivity index (χ4v) is 2.09. The van der Waals surface area contributed by atoms with Crippen molar-refractivity contribution >= 4 is 0 Å². The summed E-state index contributed by atoms with van der Waals surface area (Å²) in [5.74, 6) is -1.67. The second-order valence-corrected chi connectivity index (χ2v) is 4.82. The first-order chi connectivity index (χ1) is 9.61. The van der Waals surface area contributed by atoms with Gasteiger partial charge in [0.1, 0.15) is 0 Å². The Morgan fingerprint density at radius 2 is 1.95 bits per heavy atom. The molecule has 4 heteroatoms. The summed E-state index contributed by atoms with van der Waals surface area (Å²) >= 11 is 0. The molecular weight excluding hydrogens is 258 g/mol. The van der Waals surface area contributed by atoms with Gasteiger partial charge >= 0.3 is 0 Å². The average molecular weight is 276 g/mol. The molecule has 0 saturated carbocycles. The predicted molar refractivity (Wildman–Crippen MR) is 75.5 cm³/mol. The minimum absolute atomic E-state index is 0.232. The molecule has 0 fully saturated rings. The molecule has 20 heavy (non-hydrogen) atoms. The van der Waals surface area contributed by atoms with Gasteiger partial charge in [-0.2, -0.15) is 0 Å². The number of hydrogen-bond donors (Lipinski definition) is 1. The monoisotopic (exact) mass is 276 g/mol. The average Bonchev–Trinajstić information content (AvgIpc) is 2.43. The number of rotatable bonds is 5. The minimum Gasteiger partial charge on any atom is -0.305 e. The van der Waals surface area contributed by atoms with E-state index < -0.39 is 11.6 Å². The van der Waals surface area contributed by atoms with Crippen LogP contribution in [0.3, 0.4) is 0 Å². The van der Waals surface area contributed by atoms with Crippen LogP contribution in [-0.4, -0.2) is 11.5 Å². The maximum Gasteiger partial charge on any atom is 0.159 e. The van der Waals surface area contributed by atoms with Crippen molar-refractivity contribution in [3.63, 3.8) is 0 Å². The number of nitrogens with one attached hydrogen (secondary N) is 1. The molecule has 2 nitrogen and oxygen atoms in total. The predicted octanol–water partition coefficient (Wildman–Crippen LogP) is 3.76. The van der Waals surface area contributed by atoms with Crippen molar-refractivity contribution in [2.75, 3.05) is 6.54 Å². The van der Waals surface area contributed by atoms with Gasteiger partial charge in [0, 0.05) is 6.20 Å². The van der Waals surface area contributed by atoms with Gasteiger partial charge in [0.25, 0.3) is 0 Å². The molecule has 2 aromatic rings. The molecule has 106 valence electrons. The quantitative estimate of drug-likeness (QED) is 0.899. The Morgan fingerprint density at radius 1 is 1.15 bits per heavy atom. The fraction of sp³-hybridized carbons (Fsp3) is 0.312. The fourth-order valence-electron chi connectivity index (χ4n) is 2.09. The van der Waals surface area contributed by atoms with Gasteiger partial charge in [0.15, 0.2) is 11.6 Å². The Kier molecular flexibility index (Phi) is 4.79.